The molecule has 0 saturated heterocycles. The molecule has 4 N–H and O–H groups in total. The monoisotopic (exact) mass is 395 g/mol. The summed E-state index contributed by atoms with van der Waals surface area (Å²) in [5.41, 5.74) is 0. The van der Waals surface area contributed by atoms with Crippen molar-refractivity contribution in [3.8, 4) is 0 Å². The molecule has 0 spiro atoms. The Morgan fingerprint density at radius 1 is 1.00 bits per heavy atom. The molecule has 0 amide bonds. The summed E-state index contributed by atoms with van der Waals surface area (Å²) in [6.45, 7) is 0. The molecule has 0 aromatic heterocycles. The summed E-state index contributed by atoms with van der Waals surface area (Å²) in [7, 11) is 2.07. The maximum Gasteiger partial charge on any atom is 2.00 e. The molecule has 0 atom stereocenters. The van der Waals surface area contributed by atoms with Crippen LogP contribution in [0.25, 0.3) is 0 Å². The summed E-state index contributed by atoms with van der Waals surface area (Å²) in [6, 6.07) is 0.837. The van der Waals surface area contributed by atoms with Crippen LogP contribution in [-0.2, 0) is 21.1 Å². The van der Waals surface area contributed by atoms with Crippen LogP contribution in [0.1, 0.15) is 32.1 Å². The predicted molar refractivity (Wildman–Crippen MR) is 41.0 cm³/mol. The van der Waals surface area contributed by atoms with E-state index in [1.165, 1.54) is 32.1 Å². The number of rotatable bonds is 1. The molecule has 0 aromatic rings. The molecule has 0 heterocycles. The zero-order valence-corrected chi connectivity index (χ0v) is 11.2. The Bertz CT molecular complexity index is 70.4. The van der Waals surface area contributed by atoms with Crippen molar-refractivity contribution in [1.29, 1.82) is 0 Å². The van der Waals surface area contributed by atoms with Gasteiger partial charge in [0.25, 0.3) is 0 Å². The molecule has 1 aliphatic carbocycles. The van der Waals surface area contributed by atoms with E-state index in [9.17, 15) is 0 Å². The van der Waals surface area contributed by atoms with E-state index >= 15 is 0 Å². The van der Waals surface area contributed by atoms with Gasteiger partial charge in [0.2, 0.25) is 0 Å². The number of hydrogen-bond donors (Lipinski definition) is 2. The minimum Gasteiger partial charge on any atom is -1.00 e. The Labute approximate surface area is 102 Å². The number of hydrogen-bond acceptors (Lipinski definition) is 2. The maximum absolute atomic E-state index is 3.30. The van der Waals surface area contributed by atoms with Gasteiger partial charge in [-0.3, -0.25) is 0 Å². The summed E-state index contributed by atoms with van der Waals surface area (Å²) in [6.07, 6.45) is 7.13. The molecule has 2 nitrogen and oxygen atoms in total. The first-order valence-corrected chi connectivity index (χ1v) is 3.61. The molecule has 1 rings (SSSR count). The van der Waals surface area contributed by atoms with E-state index in [1.54, 1.807) is 0 Å². The van der Waals surface area contributed by atoms with Crippen LogP contribution in [0, 0.1) is 0 Å². The van der Waals surface area contributed by atoms with Gasteiger partial charge in [-0.1, -0.05) is 19.3 Å². The Balaban J connectivity index is -0.0000000800. The zero-order valence-electron chi connectivity index (χ0n) is 7.39. The Morgan fingerprint density at radius 2 is 1.42 bits per heavy atom. The number of halogens is 2. The third-order valence-electron chi connectivity index (χ3n) is 2.01. The SMILES string of the molecule is CNC1CCCCC1.N.[Cl-].[Cl-].[Pt+2]. The van der Waals surface area contributed by atoms with Gasteiger partial charge in [-0.2, -0.15) is 0 Å². The smallest absolute Gasteiger partial charge is 1.00 e. The molecule has 5 heteroatoms. The molecule has 0 radical (unpaired) electrons. The van der Waals surface area contributed by atoms with Gasteiger partial charge in [0.05, 0.1) is 0 Å². The maximum atomic E-state index is 3.30. The normalized spacial score (nSPS) is 15.8. The van der Waals surface area contributed by atoms with E-state index in [4.69, 9.17) is 0 Å². The second kappa shape index (κ2) is 14.7. The average Bonchev–Trinajstić information content (AvgIpc) is 1.90. The molecule has 1 fully saturated rings. The van der Waals surface area contributed by atoms with E-state index in [0.717, 1.165) is 6.04 Å². The summed E-state index contributed by atoms with van der Waals surface area (Å²) >= 11 is 0. The Morgan fingerprint density at radius 3 is 1.67 bits per heavy atom. The molecule has 80 valence electrons. The Kier molecular flexibility index (Phi) is 28.4. The van der Waals surface area contributed by atoms with Crippen LogP contribution in [0.15, 0.2) is 0 Å². The molecule has 1 aliphatic rings. The molecular weight excluding hydrogens is 378 g/mol. The van der Waals surface area contributed by atoms with Gasteiger partial charge < -0.3 is 36.3 Å². The van der Waals surface area contributed by atoms with Crippen LogP contribution in [0.3, 0.4) is 0 Å². The zero-order chi connectivity index (χ0) is 5.82. The van der Waals surface area contributed by atoms with Gasteiger partial charge in [0, 0.05) is 6.04 Å². The first kappa shape index (κ1) is 23.2. The minimum atomic E-state index is 0. The van der Waals surface area contributed by atoms with Gasteiger partial charge in [0.1, 0.15) is 0 Å². The fourth-order valence-corrected chi connectivity index (χ4v) is 1.39. The summed E-state index contributed by atoms with van der Waals surface area (Å²) in [5, 5.41) is 3.30. The average molecular weight is 396 g/mol. The molecular formula is C7H18Cl2N2Pt. The second-order valence-corrected chi connectivity index (χ2v) is 2.62. The first-order chi connectivity index (χ1) is 3.93. The Hall–Kier alpha value is 1.19. The van der Waals surface area contributed by atoms with Crippen molar-refractivity contribution < 1.29 is 45.9 Å². The van der Waals surface area contributed by atoms with Crippen LogP contribution in [-0.4, -0.2) is 13.1 Å². The molecule has 0 unspecified atom stereocenters. The van der Waals surface area contributed by atoms with Gasteiger partial charge in [-0.25, -0.2) is 0 Å². The summed E-state index contributed by atoms with van der Waals surface area (Å²) in [5.74, 6) is 0. The van der Waals surface area contributed by atoms with Crippen LogP contribution in [0.5, 0.6) is 0 Å². The topological polar surface area (TPSA) is 47.0 Å². The fraction of sp³-hybridized carbons (Fsp3) is 1.00. The van der Waals surface area contributed by atoms with Crippen molar-refractivity contribution in [3.63, 3.8) is 0 Å². The van der Waals surface area contributed by atoms with Crippen molar-refractivity contribution in [2.24, 2.45) is 0 Å². The van der Waals surface area contributed by atoms with E-state index in [1.807, 2.05) is 0 Å². The first-order valence-electron chi connectivity index (χ1n) is 3.61. The van der Waals surface area contributed by atoms with Crippen molar-refractivity contribution in [1.82, 2.24) is 11.5 Å². The fourth-order valence-electron chi connectivity index (χ4n) is 1.39. The van der Waals surface area contributed by atoms with E-state index in [2.05, 4.69) is 12.4 Å². The van der Waals surface area contributed by atoms with Crippen LogP contribution in [0.4, 0.5) is 0 Å². The third-order valence-corrected chi connectivity index (χ3v) is 2.01. The van der Waals surface area contributed by atoms with Crippen LogP contribution < -0.4 is 36.3 Å². The minimum absolute atomic E-state index is 0. The van der Waals surface area contributed by atoms with E-state index in [0.29, 0.717) is 0 Å². The van der Waals surface area contributed by atoms with Crippen molar-refractivity contribution in [2.45, 2.75) is 38.1 Å². The number of nitrogens with one attached hydrogen (secondary N) is 1. The van der Waals surface area contributed by atoms with Gasteiger partial charge in [-0.15, -0.1) is 0 Å². The largest absolute Gasteiger partial charge is 2.00 e. The van der Waals surface area contributed by atoms with Gasteiger partial charge in [0.15, 0.2) is 0 Å². The molecule has 12 heavy (non-hydrogen) atoms. The van der Waals surface area contributed by atoms with Crippen LogP contribution in [0.2, 0.25) is 0 Å². The predicted octanol–water partition coefficient (Wildman–Crippen LogP) is -4.29. The van der Waals surface area contributed by atoms with Crippen molar-refractivity contribution in [2.75, 3.05) is 7.05 Å². The van der Waals surface area contributed by atoms with Gasteiger partial charge >= 0.3 is 21.1 Å². The molecule has 0 bridgehead atoms. The second-order valence-electron chi connectivity index (χ2n) is 2.62. The van der Waals surface area contributed by atoms with E-state index < -0.39 is 0 Å². The third kappa shape index (κ3) is 9.28. The summed E-state index contributed by atoms with van der Waals surface area (Å²) < 4.78 is 0. The van der Waals surface area contributed by atoms with E-state index in [-0.39, 0.29) is 52.0 Å². The van der Waals surface area contributed by atoms with Crippen molar-refractivity contribution >= 4 is 0 Å². The molecule has 0 aromatic carbocycles. The van der Waals surface area contributed by atoms with Gasteiger partial charge in [-0.05, 0) is 19.9 Å². The summed E-state index contributed by atoms with van der Waals surface area (Å²) in [4.78, 5) is 0. The van der Waals surface area contributed by atoms with Crippen LogP contribution >= 0.6 is 0 Å². The molecule has 1 saturated carbocycles. The van der Waals surface area contributed by atoms with Crippen molar-refractivity contribution in [3.05, 3.63) is 0 Å². The quantitative estimate of drug-likeness (QED) is 0.472. The molecule has 0 aliphatic heterocycles. The standard InChI is InChI=1S/C7H15N.2ClH.H3N.Pt/c1-8-7-5-3-2-4-6-7;;;;/h7-8H,2-6H2,1H3;2*1H;1H3;/q;;;;+2/p-2.